The predicted octanol–water partition coefficient (Wildman–Crippen LogP) is 2.26. The first-order valence-electron chi connectivity index (χ1n) is 10.5. The zero-order valence-corrected chi connectivity index (χ0v) is 16.6. The smallest absolute Gasteiger partial charge is 0.233 e. The number of ether oxygens (including phenoxy) is 2. The van der Waals surface area contributed by atoms with Gasteiger partial charge in [0.2, 0.25) is 11.8 Å². The van der Waals surface area contributed by atoms with E-state index in [9.17, 15) is 9.59 Å². The molecule has 0 spiro atoms. The van der Waals surface area contributed by atoms with Crippen LogP contribution in [-0.2, 0) is 19.7 Å². The summed E-state index contributed by atoms with van der Waals surface area (Å²) in [4.78, 5) is 28.5. The molecule has 1 aliphatic heterocycles. The summed E-state index contributed by atoms with van der Waals surface area (Å²) in [6.07, 6.45) is 5.31. The molecule has 4 rings (SSSR count). The topological polar surface area (TPSA) is 67.9 Å². The van der Waals surface area contributed by atoms with Crippen molar-refractivity contribution < 1.29 is 19.1 Å². The standard InChI is InChI=1S/C22H30N2O4/c1-27-17-8-6-16(7-9-17)22(10-11-22)21(26)24-13-3-14-28-15-12-23-20(25)18-4-2-5-19(18)24/h6-9,18-19H,2-5,10-15H2,1H3,(H,23,25)/t18-,19+/m1/s1. The molecule has 1 saturated heterocycles. The second kappa shape index (κ2) is 8.11. The van der Waals surface area contributed by atoms with Gasteiger partial charge in [0.15, 0.2) is 0 Å². The van der Waals surface area contributed by atoms with Crippen LogP contribution in [0.5, 0.6) is 5.75 Å². The Morgan fingerprint density at radius 1 is 1.18 bits per heavy atom. The van der Waals surface area contributed by atoms with Crippen molar-refractivity contribution in [3.63, 3.8) is 0 Å². The van der Waals surface area contributed by atoms with E-state index in [2.05, 4.69) is 5.32 Å². The zero-order chi connectivity index (χ0) is 19.6. The molecule has 3 fully saturated rings. The lowest BCUT2D eigenvalue weighted by Gasteiger charge is -2.35. The van der Waals surface area contributed by atoms with Crippen molar-refractivity contribution in [2.45, 2.75) is 50.0 Å². The number of hydrogen-bond acceptors (Lipinski definition) is 4. The second-order valence-corrected chi connectivity index (χ2v) is 8.17. The van der Waals surface area contributed by atoms with Gasteiger partial charge in [-0.3, -0.25) is 9.59 Å². The van der Waals surface area contributed by atoms with Gasteiger partial charge >= 0.3 is 0 Å². The van der Waals surface area contributed by atoms with E-state index in [1.807, 2.05) is 29.2 Å². The Bertz CT molecular complexity index is 714. The summed E-state index contributed by atoms with van der Waals surface area (Å²) < 4.78 is 10.9. The van der Waals surface area contributed by atoms with Gasteiger partial charge in [0.05, 0.1) is 25.0 Å². The van der Waals surface area contributed by atoms with E-state index in [4.69, 9.17) is 9.47 Å². The van der Waals surface area contributed by atoms with Crippen molar-refractivity contribution in [1.29, 1.82) is 0 Å². The maximum absolute atomic E-state index is 13.8. The fraction of sp³-hybridized carbons (Fsp3) is 0.636. The lowest BCUT2D eigenvalue weighted by Crippen LogP contribution is -2.50. The summed E-state index contributed by atoms with van der Waals surface area (Å²) in [5.41, 5.74) is 0.625. The van der Waals surface area contributed by atoms with Crippen molar-refractivity contribution in [2.75, 3.05) is 33.4 Å². The number of benzene rings is 1. The Kier molecular flexibility index (Phi) is 5.58. The van der Waals surface area contributed by atoms with E-state index in [1.54, 1.807) is 7.11 Å². The summed E-state index contributed by atoms with van der Waals surface area (Å²) in [6.45, 7) is 2.36. The summed E-state index contributed by atoms with van der Waals surface area (Å²) in [6, 6.07) is 7.88. The molecule has 152 valence electrons. The SMILES string of the molecule is COc1ccc(C2(C(=O)N3CCCOCCNC(=O)[C@@H]4CCC[C@@H]43)CC2)cc1. The van der Waals surface area contributed by atoms with Crippen LogP contribution in [0.2, 0.25) is 0 Å². The maximum atomic E-state index is 13.8. The number of nitrogens with one attached hydrogen (secondary N) is 1. The zero-order valence-electron chi connectivity index (χ0n) is 16.6. The summed E-state index contributed by atoms with van der Waals surface area (Å²) in [5, 5.41) is 2.99. The van der Waals surface area contributed by atoms with Crippen molar-refractivity contribution in [3.8, 4) is 5.75 Å². The Morgan fingerprint density at radius 2 is 1.96 bits per heavy atom. The van der Waals surface area contributed by atoms with E-state index in [-0.39, 0.29) is 23.8 Å². The molecule has 0 unspecified atom stereocenters. The van der Waals surface area contributed by atoms with Crippen LogP contribution in [0.4, 0.5) is 0 Å². The summed E-state index contributed by atoms with van der Waals surface area (Å²) in [5.74, 6) is 0.947. The first-order valence-corrected chi connectivity index (χ1v) is 10.5. The molecule has 1 heterocycles. The van der Waals surface area contributed by atoms with Gasteiger partial charge in [0.25, 0.3) is 0 Å². The molecule has 1 aromatic rings. The molecule has 0 bridgehead atoms. The number of nitrogens with zero attached hydrogens (tertiary/aromatic N) is 1. The van der Waals surface area contributed by atoms with Gasteiger partial charge < -0.3 is 19.7 Å². The lowest BCUT2D eigenvalue weighted by molar-refractivity contribution is -0.139. The highest BCUT2D eigenvalue weighted by molar-refractivity contribution is 5.92. The fourth-order valence-corrected chi connectivity index (χ4v) is 4.79. The molecule has 6 heteroatoms. The molecule has 3 aliphatic rings. The highest BCUT2D eigenvalue weighted by Crippen LogP contribution is 2.51. The number of methoxy groups -OCH3 is 1. The van der Waals surface area contributed by atoms with Gasteiger partial charge in [-0.15, -0.1) is 0 Å². The molecule has 2 atom stereocenters. The third kappa shape index (κ3) is 3.62. The fourth-order valence-electron chi connectivity index (χ4n) is 4.79. The molecule has 0 radical (unpaired) electrons. The van der Waals surface area contributed by atoms with Gasteiger partial charge in [0.1, 0.15) is 5.75 Å². The predicted molar refractivity (Wildman–Crippen MR) is 105 cm³/mol. The third-order valence-corrected chi connectivity index (χ3v) is 6.51. The molecule has 6 nitrogen and oxygen atoms in total. The summed E-state index contributed by atoms with van der Waals surface area (Å²) in [7, 11) is 1.65. The van der Waals surface area contributed by atoms with Gasteiger partial charge in [-0.2, -0.15) is 0 Å². The largest absolute Gasteiger partial charge is 0.497 e. The Hall–Kier alpha value is -2.08. The quantitative estimate of drug-likeness (QED) is 0.865. The average molecular weight is 386 g/mol. The second-order valence-electron chi connectivity index (χ2n) is 8.17. The molecule has 2 aliphatic carbocycles. The van der Waals surface area contributed by atoms with Crippen LogP contribution >= 0.6 is 0 Å². The molecular weight excluding hydrogens is 356 g/mol. The van der Waals surface area contributed by atoms with Crippen LogP contribution in [0, 0.1) is 5.92 Å². The molecule has 2 amide bonds. The van der Waals surface area contributed by atoms with Crippen LogP contribution in [-0.4, -0.2) is 56.2 Å². The third-order valence-electron chi connectivity index (χ3n) is 6.51. The molecule has 1 N–H and O–H groups in total. The van der Waals surface area contributed by atoms with Crippen LogP contribution in [0.15, 0.2) is 24.3 Å². The number of hydrogen-bond donors (Lipinski definition) is 1. The number of carbonyl (C=O) groups excluding carboxylic acids is 2. The minimum atomic E-state index is -0.434. The van der Waals surface area contributed by atoms with Crippen LogP contribution < -0.4 is 10.1 Å². The number of amides is 2. The first kappa shape index (κ1) is 19.2. The first-order chi connectivity index (χ1) is 13.7. The minimum Gasteiger partial charge on any atom is -0.497 e. The highest BCUT2D eigenvalue weighted by atomic mass is 16.5. The summed E-state index contributed by atoms with van der Waals surface area (Å²) >= 11 is 0. The molecule has 28 heavy (non-hydrogen) atoms. The molecule has 1 aromatic carbocycles. The molecular formula is C22H30N2O4. The minimum absolute atomic E-state index is 0.00123. The highest BCUT2D eigenvalue weighted by Gasteiger charge is 2.55. The van der Waals surface area contributed by atoms with Crippen LogP contribution in [0.1, 0.15) is 44.1 Å². The van der Waals surface area contributed by atoms with Crippen LogP contribution in [0.3, 0.4) is 0 Å². The number of fused-ring (bicyclic) bond motifs is 1. The normalized spacial score (nSPS) is 27.3. The number of rotatable bonds is 3. The van der Waals surface area contributed by atoms with Gasteiger partial charge in [0, 0.05) is 25.7 Å². The van der Waals surface area contributed by atoms with E-state index in [0.29, 0.717) is 26.3 Å². The lowest BCUT2D eigenvalue weighted by atomic mass is 9.91. The Morgan fingerprint density at radius 3 is 2.68 bits per heavy atom. The van der Waals surface area contributed by atoms with E-state index in [0.717, 1.165) is 49.8 Å². The van der Waals surface area contributed by atoms with Crippen molar-refractivity contribution >= 4 is 11.8 Å². The van der Waals surface area contributed by atoms with E-state index in [1.165, 1.54) is 0 Å². The van der Waals surface area contributed by atoms with E-state index < -0.39 is 5.41 Å². The monoisotopic (exact) mass is 386 g/mol. The van der Waals surface area contributed by atoms with Gasteiger partial charge in [-0.1, -0.05) is 18.6 Å². The Balaban J connectivity index is 1.59. The molecule has 2 saturated carbocycles. The van der Waals surface area contributed by atoms with Gasteiger partial charge in [-0.25, -0.2) is 0 Å². The van der Waals surface area contributed by atoms with E-state index >= 15 is 0 Å². The maximum Gasteiger partial charge on any atom is 0.233 e. The van der Waals surface area contributed by atoms with Crippen molar-refractivity contribution in [1.82, 2.24) is 10.2 Å². The average Bonchev–Trinajstić information content (AvgIpc) is 3.40. The van der Waals surface area contributed by atoms with Crippen LogP contribution in [0.25, 0.3) is 0 Å². The van der Waals surface area contributed by atoms with Crippen molar-refractivity contribution in [2.24, 2.45) is 5.92 Å². The molecule has 0 aromatic heterocycles. The van der Waals surface area contributed by atoms with Gasteiger partial charge in [-0.05, 0) is 49.8 Å². The number of carbonyl (C=O) groups is 2. The Labute approximate surface area is 166 Å². The van der Waals surface area contributed by atoms with Crippen molar-refractivity contribution in [3.05, 3.63) is 29.8 Å².